The van der Waals surface area contributed by atoms with Crippen molar-refractivity contribution >= 4 is 23.9 Å². The van der Waals surface area contributed by atoms with Crippen LogP contribution in [0.25, 0.3) is 6.08 Å². The molecule has 98 valence electrons. The molecular weight excluding hydrogens is 244 g/mol. The summed E-state index contributed by atoms with van der Waals surface area (Å²) in [6, 6.07) is 6.88. The van der Waals surface area contributed by atoms with Gasteiger partial charge in [0.2, 0.25) is 5.91 Å². The summed E-state index contributed by atoms with van der Waals surface area (Å²) in [6.45, 7) is 3.29. The molecular formula is C14H14N2O3. The van der Waals surface area contributed by atoms with Crippen LogP contribution < -0.4 is 5.32 Å². The van der Waals surface area contributed by atoms with E-state index >= 15 is 0 Å². The Bertz CT molecular complexity index is 573. The fourth-order valence-corrected chi connectivity index (χ4v) is 1.88. The molecule has 0 aromatic heterocycles. The fourth-order valence-electron chi connectivity index (χ4n) is 1.88. The van der Waals surface area contributed by atoms with Crippen LogP contribution in [0, 0.1) is 0 Å². The van der Waals surface area contributed by atoms with Crippen LogP contribution in [0.3, 0.4) is 0 Å². The minimum Gasteiger partial charge on any atom is -0.274 e. The van der Waals surface area contributed by atoms with E-state index in [1.54, 1.807) is 0 Å². The highest BCUT2D eigenvalue weighted by atomic mass is 16.2. The van der Waals surface area contributed by atoms with Crippen molar-refractivity contribution in [2.45, 2.75) is 20.3 Å². The zero-order chi connectivity index (χ0) is 14.0. The lowest BCUT2D eigenvalue weighted by Crippen LogP contribution is -2.31. The summed E-state index contributed by atoms with van der Waals surface area (Å²) in [4.78, 5) is 35.3. The van der Waals surface area contributed by atoms with Crippen LogP contribution in [-0.4, -0.2) is 22.7 Å². The molecule has 0 radical (unpaired) electrons. The quantitative estimate of drug-likeness (QED) is 0.648. The van der Waals surface area contributed by atoms with Gasteiger partial charge < -0.3 is 0 Å². The number of nitrogens with one attached hydrogen (secondary N) is 1. The van der Waals surface area contributed by atoms with Crippen molar-refractivity contribution in [2.75, 3.05) is 0 Å². The van der Waals surface area contributed by atoms with Crippen molar-refractivity contribution < 1.29 is 14.4 Å². The standard InChI is InChI=1S/C14H14N2O3/c1-3-10-4-6-11(7-5-10)8-12-13(18)15-14(19)16(12)9(2)17/h4-8H,3H2,1-2H3,(H,15,18,19). The Labute approximate surface area is 110 Å². The lowest BCUT2D eigenvalue weighted by atomic mass is 10.1. The maximum absolute atomic E-state index is 11.6. The molecule has 0 atom stereocenters. The number of rotatable bonds is 2. The summed E-state index contributed by atoms with van der Waals surface area (Å²) < 4.78 is 0. The van der Waals surface area contributed by atoms with Crippen LogP contribution in [0.2, 0.25) is 0 Å². The van der Waals surface area contributed by atoms with E-state index in [1.165, 1.54) is 18.6 Å². The molecule has 1 aromatic carbocycles. The first kappa shape index (κ1) is 13.0. The second-order valence-electron chi connectivity index (χ2n) is 4.24. The van der Waals surface area contributed by atoms with Gasteiger partial charge in [0.15, 0.2) is 0 Å². The zero-order valence-corrected chi connectivity index (χ0v) is 10.8. The van der Waals surface area contributed by atoms with Gasteiger partial charge in [-0.2, -0.15) is 0 Å². The molecule has 1 aliphatic rings. The second kappa shape index (κ2) is 5.06. The van der Waals surface area contributed by atoms with Gasteiger partial charge in [-0.15, -0.1) is 0 Å². The number of carbonyl (C=O) groups is 3. The third-order valence-electron chi connectivity index (χ3n) is 2.90. The summed E-state index contributed by atoms with van der Waals surface area (Å²) in [7, 11) is 0. The Morgan fingerprint density at radius 2 is 1.89 bits per heavy atom. The summed E-state index contributed by atoms with van der Waals surface area (Å²) in [6.07, 6.45) is 2.45. The highest BCUT2D eigenvalue weighted by Crippen LogP contribution is 2.17. The van der Waals surface area contributed by atoms with Gasteiger partial charge in [-0.3, -0.25) is 14.9 Å². The Morgan fingerprint density at radius 1 is 1.26 bits per heavy atom. The molecule has 1 saturated heterocycles. The van der Waals surface area contributed by atoms with E-state index in [4.69, 9.17) is 0 Å². The van der Waals surface area contributed by atoms with Crippen LogP contribution in [0.5, 0.6) is 0 Å². The molecule has 0 unspecified atom stereocenters. The van der Waals surface area contributed by atoms with Crippen molar-refractivity contribution in [1.29, 1.82) is 0 Å². The van der Waals surface area contributed by atoms with Crippen LogP contribution in [0.4, 0.5) is 4.79 Å². The van der Waals surface area contributed by atoms with Gasteiger partial charge in [-0.05, 0) is 23.6 Å². The Morgan fingerprint density at radius 3 is 2.42 bits per heavy atom. The number of hydrogen-bond donors (Lipinski definition) is 1. The molecule has 1 aromatic rings. The molecule has 0 aliphatic carbocycles. The van der Waals surface area contributed by atoms with Crippen molar-refractivity contribution in [3.05, 3.63) is 41.1 Å². The molecule has 5 heteroatoms. The second-order valence-corrected chi connectivity index (χ2v) is 4.24. The van der Waals surface area contributed by atoms with Crippen molar-refractivity contribution in [3.63, 3.8) is 0 Å². The van der Waals surface area contributed by atoms with Crippen LogP contribution in [-0.2, 0) is 16.0 Å². The fraction of sp³-hybridized carbons (Fsp3) is 0.214. The van der Waals surface area contributed by atoms with Gasteiger partial charge in [0.25, 0.3) is 5.91 Å². The summed E-state index contributed by atoms with van der Waals surface area (Å²) in [5.41, 5.74) is 2.00. The van der Waals surface area contributed by atoms with Gasteiger partial charge in [-0.1, -0.05) is 31.2 Å². The lowest BCUT2D eigenvalue weighted by Gasteiger charge is -2.09. The monoisotopic (exact) mass is 258 g/mol. The van der Waals surface area contributed by atoms with Gasteiger partial charge in [0, 0.05) is 6.92 Å². The van der Waals surface area contributed by atoms with Crippen LogP contribution >= 0.6 is 0 Å². The normalized spacial score (nSPS) is 16.9. The molecule has 2 rings (SSSR count). The average molecular weight is 258 g/mol. The van der Waals surface area contributed by atoms with Crippen molar-refractivity contribution in [2.24, 2.45) is 0 Å². The number of aryl methyl sites for hydroxylation is 1. The zero-order valence-electron chi connectivity index (χ0n) is 10.8. The molecule has 0 spiro atoms. The molecule has 19 heavy (non-hydrogen) atoms. The number of nitrogens with zero attached hydrogens (tertiary/aromatic N) is 1. The molecule has 1 heterocycles. The number of urea groups is 1. The predicted molar refractivity (Wildman–Crippen MR) is 69.9 cm³/mol. The molecule has 0 bridgehead atoms. The first-order valence-electron chi connectivity index (χ1n) is 5.99. The first-order valence-corrected chi connectivity index (χ1v) is 5.99. The van der Waals surface area contributed by atoms with Crippen LogP contribution in [0.15, 0.2) is 30.0 Å². The van der Waals surface area contributed by atoms with Crippen molar-refractivity contribution in [3.8, 4) is 0 Å². The van der Waals surface area contributed by atoms with Gasteiger partial charge in [0.1, 0.15) is 5.70 Å². The highest BCUT2D eigenvalue weighted by molar-refractivity contribution is 6.19. The summed E-state index contributed by atoms with van der Waals surface area (Å²) >= 11 is 0. The molecule has 1 aliphatic heterocycles. The Balaban J connectivity index is 2.36. The molecule has 0 saturated carbocycles. The minimum absolute atomic E-state index is 0.0572. The van der Waals surface area contributed by atoms with E-state index in [-0.39, 0.29) is 5.70 Å². The predicted octanol–water partition coefficient (Wildman–Crippen LogP) is 1.69. The number of amides is 4. The first-order chi connectivity index (χ1) is 9.02. The Hall–Kier alpha value is -2.43. The number of benzene rings is 1. The van der Waals surface area contributed by atoms with E-state index in [2.05, 4.69) is 5.32 Å². The average Bonchev–Trinajstić information content (AvgIpc) is 2.65. The maximum Gasteiger partial charge on any atom is 0.335 e. The minimum atomic E-state index is -0.700. The van der Waals surface area contributed by atoms with E-state index in [1.807, 2.05) is 31.2 Å². The number of hydrogen-bond acceptors (Lipinski definition) is 3. The smallest absolute Gasteiger partial charge is 0.274 e. The van der Waals surface area contributed by atoms with Crippen molar-refractivity contribution in [1.82, 2.24) is 10.2 Å². The molecule has 5 nitrogen and oxygen atoms in total. The SMILES string of the molecule is CCc1ccc(C=C2C(=O)NC(=O)N2C(C)=O)cc1. The van der Waals surface area contributed by atoms with Gasteiger partial charge in [-0.25, -0.2) is 9.69 Å². The molecule has 1 N–H and O–H groups in total. The van der Waals surface area contributed by atoms with Crippen LogP contribution in [0.1, 0.15) is 25.0 Å². The summed E-state index contributed by atoms with van der Waals surface area (Å²) in [5.74, 6) is -1.04. The van der Waals surface area contributed by atoms with E-state index in [9.17, 15) is 14.4 Å². The van der Waals surface area contributed by atoms with E-state index in [0.717, 1.165) is 16.9 Å². The largest absolute Gasteiger partial charge is 0.335 e. The van der Waals surface area contributed by atoms with Gasteiger partial charge in [0.05, 0.1) is 0 Å². The lowest BCUT2D eigenvalue weighted by molar-refractivity contribution is -0.125. The third-order valence-corrected chi connectivity index (χ3v) is 2.90. The Kier molecular flexibility index (Phi) is 3.46. The third kappa shape index (κ3) is 2.54. The summed E-state index contributed by atoms with van der Waals surface area (Å²) in [5, 5.41) is 2.10. The molecule has 4 amide bonds. The number of carbonyl (C=O) groups excluding carboxylic acids is 3. The molecule has 1 fully saturated rings. The number of imide groups is 2. The van der Waals surface area contributed by atoms with E-state index in [0.29, 0.717) is 0 Å². The highest BCUT2D eigenvalue weighted by Gasteiger charge is 2.35. The van der Waals surface area contributed by atoms with Gasteiger partial charge >= 0.3 is 6.03 Å². The van der Waals surface area contributed by atoms with E-state index < -0.39 is 17.8 Å². The maximum atomic E-state index is 11.6. The topological polar surface area (TPSA) is 66.5 Å².